The predicted octanol–water partition coefficient (Wildman–Crippen LogP) is 2.37. The summed E-state index contributed by atoms with van der Waals surface area (Å²) < 4.78 is 0. The van der Waals surface area contributed by atoms with Crippen LogP contribution in [0.3, 0.4) is 0 Å². The summed E-state index contributed by atoms with van der Waals surface area (Å²) in [5, 5.41) is 0. The fourth-order valence-electron chi connectivity index (χ4n) is 2.41. The van der Waals surface area contributed by atoms with E-state index in [1.807, 2.05) is 6.07 Å². The summed E-state index contributed by atoms with van der Waals surface area (Å²) in [6, 6.07) is 10.5. The molecule has 1 aromatic carbocycles. The van der Waals surface area contributed by atoms with Gasteiger partial charge in [0.1, 0.15) is 0 Å². The van der Waals surface area contributed by atoms with Crippen LogP contribution < -0.4 is 5.73 Å². The minimum Gasteiger partial charge on any atom is -0.330 e. The van der Waals surface area contributed by atoms with E-state index in [2.05, 4.69) is 41.3 Å². The van der Waals surface area contributed by atoms with E-state index >= 15 is 0 Å². The molecule has 2 heteroatoms. The molecule has 1 aliphatic heterocycles. The SMILES string of the molecule is NC[C@@H]1CCCN(C/C=C/c2ccccc2)C1. The Bertz CT molecular complexity index is 345. The van der Waals surface area contributed by atoms with Gasteiger partial charge in [0.25, 0.3) is 0 Å². The van der Waals surface area contributed by atoms with Crippen LogP contribution in [0.15, 0.2) is 36.4 Å². The van der Waals surface area contributed by atoms with Crippen LogP contribution >= 0.6 is 0 Å². The number of nitrogens with zero attached hydrogens (tertiary/aromatic N) is 1. The molecule has 1 aromatic rings. The summed E-state index contributed by atoms with van der Waals surface area (Å²) in [6.45, 7) is 4.26. The number of likely N-dealkylation sites (tertiary alicyclic amines) is 1. The average Bonchev–Trinajstić information content (AvgIpc) is 2.40. The van der Waals surface area contributed by atoms with Gasteiger partial charge in [0.2, 0.25) is 0 Å². The van der Waals surface area contributed by atoms with Gasteiger partial charge in [0.15, 0.2) is 0 Å². The first-order valence-electron chi connectivity index (χ1n) is 6.52. The minimum atomic E-state index is 0.703. The zero-order chi connectivity index (χ0) is 11.9. The number of piperidine rings is 1. The molecule has 1 aliphatic rings. The molecule has 2 N–H and O–H groups in total. The van der Waals surface area contributed by atoms with E-state index in [-0.39, 0.29) is 0 Å². The molecular formula is C15H22N2. The first-order chi connectivity index (χ1) is 8.38. The third-order valence-electron chi connectivity index (χ3n) is 3.41. The molecule has 0 spiro atoms. The smallest absolute Gasteiger partial charge is 0.0166 e. The second kappa shape index (κ2) is 6.58. The number of rotatable bonds is 4. The Labute approximate surface area is 104 Å². The van der Waals surface area contributed by atoms with Gasteiger partial charge in [0.05, 0.1) is 0 Å². The van der Waals surface area contributed by atoms with Gasteiger partial charge in [0, 0.05) is 13.1 Å². The Hall–Kier alpha value is -1.12. The molecule has 1 fully saturated rings. The molecule has 2 rings (SSSR count). The molecule has 2 nitrogen and oxygen atoms in total. The van der Waals surface area contributed by atoms with Crippen LogP contribution in [-0.4, -0.2) is 31.1 Å². The van der Waals surface area contributed by atoms with Crippen molar-refractivity contribution in [2.24, 2.45) is 11.7 Å². The lowest BCUT2D eigenvalue weighted by Crippen LogP contribution is -2.38. The van der Waals surface area contributed by atoms with Crippen molar-refractivity contribution >= 4 is 6.08 Å². The third-order valence-corrected chi connectivity index (χ3v) is 3.41. The molecule has 1 atom stereocenters. The minimum absolute atomic E-state index is 0.703. The van der Waals surface area contributed by atoms with E-state index in [0.29, 0.717) is 5.92 Å². The van der Waals surface area contributed by atoms with Crippen LogP contribution in [-0.2, 0) is 0 Å². The van der Waals surface area contributed by atoms with E-state index in [9.17, 15) is 0 Å². The second-order valence-electron chi connectivity index (χ2n) is 4.82. The van der Waals surface area contributed by atoms with Crippen LogP contribution in [0.2, 0.25) is 0 Å². The Balaban J connectivity index is 1.80. The standard InChI is InChI=1S/C15H22N2/c16-12-15-9-5-11-17(13-15)10-4-8-14-6-2-1-3-7-14/h1-4,6-8,15H,5,9-13,16H2/b8-4+/t15-/m0/s1. The van der Waals surface area contributed by atoms with E-state index in [0.717, 1.165) is 19.6 Å². The summed E-state index contributed by atoms with van der Waals surface area (Å²) >= 11 is 0. The third kappa shape index (κ3) is 3.99. The van der Waals surface area contributed by atoms with Crippen LogP contribution in [0.4, 0.5) is 0 Å². The highest BCUT2D eigenvalue weighted by molar-refractivity contribution is 5.48. The predicted molar refractivity (Wildman–Crippen MR) is 73.7 cm³/mol. The van der Waals surface area contributed by atoms with E-state index < -0.39 is 0 Å². The van der Waals surface area contributed by atoms with Crippen molar-refractivity contribution in [3.8, 4) is 0 Å². The number of hydrogen-bond acceptors (Lipinski definition) is 2. The van der Waals surface area contributed by atoms with Crippen molar-refractivity contribution in [1.29, 1.82) is 0 Å². The summed E-state index contributed by atoms with van der Waals surface area (Å²) in [5.41, 5.74) is 7.02. The normalized spacial score (nSPS) is 22.1. The van der Waals surface area contributed by atoms with Gasteiger partial charge in [-0.05, 0) is 37.4 Å². The van der Waals surface area contributed by atoms with Gasteiger partial charge in [-0.3, -0.25) is 4.90 Å². The van der Waals surface area contributed by atoms with Crippen LogP contribution in [0.25, 0.3) is 6.08 Å². The van der Waals surface area contributed by atoms with E-state index in [1.165, 1.54) is 24.9 Å². The van der Waals surface area contributed by atoms with E-state index in [1.54, 1.807) is 0 Å². The van der Waals surface area contributed by atoms with Crippen molar-refractivity contribution in [1.82, 2.24) is 4.90 Å². The molecule has 0 bridgehead atoms. The largest absolute Gasteiger partial charge is 0.330 e. The maximum Gasteiger partial charge on any atom is 0.0166 e. The van der Waals surface area contributed by atoms with Crippen LogP contribution in [0, 0.1) is 5.92 Å². The molecule has 17 heavy (non-hydrogen) atoms. The number of nitrogens with two attached hydrogens (primary N) is 1. The van der Waals surface area contributed by atoms with Gasteiger partial charge < -0.3 is 5.73 Å². The van der Waals surface area contributed by atoms with Crippen molar-refractivity contribution in [3.05, 3.63) is 42.0 Å². The molecule has 0 unspecified atom stereocenters. The van der Waals surface area contributed by atoms with Crippen molar-refractivity contribution < 1.29 is 0 Å². The summed E-state index contributed by atoms with van der Waals surface area (Å²) in [5.74, 6) is 0.703. The molecule has 0 saturated carbocycles. The molecule has 92 valence electrons. The highest BCUT2D eigenvalue weighted by Crippen LogP contribution is 2.15. The van der Waals surface area contributed by atoms with Crippen LogP contribution in [0.1, 0.15) is 18.4 Å². The molecule has 0 aliphatic carbocycles. The lowest BCUT2D eigenvalue weighted by molar-refractivity contribution is 0.195. The summed E-state index contributed by atoms with van der Waals surface area (Å²) in [4.78, 5) is 2.50. The monoisotopic (exact) mass is 230 g/mol. The molecule has 0 amide bonds. The number of hydrogen-bond donors (Lipinski definition) is 1. The summed E-state index contributed by atoms with van der Waals surface area (Å²) in [6.07, 6.45) is 7.05. The van der Waals surface area contributed by atoms with Crippen molar-refractivity contribution in [2.75, 3.05) is 26.2 Å². The summed E-state index contributed by atoms with van der Waals surface area (Å²) in [7, 11) is 0. The van der Waals surface area contributed by atoms with Gasteiger partial charge >= 0.3 is 0 Å². The van der Waals surface area contributed by atoms with Gasteiger partial charge in [-0.1, -0.05) is 42.5 Å². The molecular weight excluding hydrogens is 208 g/mol. The highest BCUT2D eigenvalue weighted by Gasteiger charge is 2.17. The first kappa shape index (κ1) is 12.3. The topological polar surface area (TPSA) is 29.3 Å². The lowest BCUT2D eigenvalue weighted by Gasteiger charge is -2.31. The zero-order valence-corrected chi connectivity index (χ0v) is 10.4. The zero-order valence-electron chi connectivity index (χ0n) is 10.4. The highest BCUT2D eigenvalue weighted by atomic mass is 15.1. The van der Waals surface area contributed by atoms with Crippen molar-refractivity contribution in [3.63, 3.8) is 0 Å². The Morgan fingerprint density at radius 2 is 2.12 bits per heavy atom. The molecule has 0 radical (unpaired) electrons. The average molecular weight is 230 g/mol. The Morgan fingerprint density at radius 3 is 2.88 bits per heavy atom. The maximum absolute atomic E-state index is 5.74. The molecule has 0 aromatic heterocycles. The fraction of sp³-hybridized carbons (Fsp3) is 0.467. The first-order valence-corrected chi connectivity index (χ1v) is 6.52. The van der Waals surface area contributed by atoms with Gasteiger partial charge in [-0.15, -0.1) is 0 Å². The lowest BCUT2D eigenvalue weighted by atomic mass is 9.98. The maximum atomic E-state index is 5.74. The van der Waals surface area contributed by atoms with Crippen LogP contribution in [0.5, 0.6) is 0 Å². The van der Waals surface area contributed by atoms with Gasteiger partial charge in [-0.25, -0.2) is 0 Å². The van der Waals surface area contributed by atoms with Gasteiger partial charge in [-0.2, -0.15) is 0 Å². The quantitative estimate of drug-likeness (QED) is 0.860. The van der Waals surface area contributed by atoms with E-state index in [4.69, 9.17) is 5.73 Å². The Kier molecular flexibility index (Phi) is 4.77. The molecule has 1 heterocycles. The fourth-order valence-corrected chi connectivity index (χ4v) is 2.41. The second-order valence-corrected chi connectivity index (χ2v) is 4.82. The number of benzene rings is 1. The Morgan fingerprint density at radius 1 is 1.29 bits per heavy atom. The molecule has 1 saturated heterocycles. The van der Waals surface area contributed by atoms with Crippen molar-refractivity contribution in [2.45, 2.75) is 12.8 Å².